The molecule has 1 aliphatic heterocycles. The van der Waals surface area contributed by atoms with Gasteiger partial charge in [-0.3, -0.25) is 0 Å². The summed E-state index contributed by atoms with van der Waals surface area (Å²) in [4.78, 5) is 22.6. The first-order valence-corrected chi connectivity index (χ1v) is 5.19. The maximum absolute atomic E-state index is 11.5. The molecule has 2 atom stereocenters. The first-order valence-electron chi connectivity index (χ1n) is 5.19. The van der Waals surface area contributed by atoms with Crippen molar-refractivity contribution < 1.29 is 23.8 Å². The Hall–Kier alpha value is -1.30. The number of alkyl carbamates (subject to hydrolysis) is 1. The van der Waals surface area contributed by atoms with E-state index in [0.717, 1.165) is 12.8 Å². The normalized spacial score (nSPS) is 22.0. The summed E-state index contributed by atoms with van der Waals surface area (Å²) in [6.45, 7) is 1.15. The fourth-order valence-corrected chi connectivity index (χ4v) is 1.71. The molecule has 16 heavy (non-hydrogen) atoms. The van der Waals surface area contributed by atoms with Gasteiger partial charge >= 0.3 is 12.1 Å². The standard InChI is InChI=1S/C10H17NO5/c1-14-9(12)8(11-10(13)15-2)7-4-3-5-16-6-7/h7-8H,3-6H2,1-2H3,(H,11,13). The molecule has 0 radical (unpaired) electrons. The van der Waals surface area contributed by atoms with Gasteiger partial charge in [0.25, 0.3) is 0 Å². The third-order valence-corrected chi connectivity index (χ3v) is 2.58. The summed E-state index contributed by atoms with van der Waals surface area (Å²) in [6, 6.07) is -0.697. The van der Waals surface area contributed by atoms with Crippen molar-refractivity contribution in [1.82, 2.24) is 5.32 Å². The summed E-state index contributed by atoms with van der Waals surface area (Å²) < 4.78 is 14.4. The minimum Gasteiger partial charge on any atom is -0.467 e. The molecule has 0 aliphatic carbocycles. The van der Waals surface area contributed by atoms with Gasteiger partial charge in [-0.05, 0) is 12.8 Å². The summed E-state index contributed by atoms with van der Waals surface area (Å²) in [5.41, 5.74) is 0. The third-order valence-electron chi connectivity index (χ3n) is 2.58. The molecular formula is C10H17NO5. The van der Waals surface area contributed by atoms with Gasteiger partial charge in [-0.1, -0.05) is 0 Å². The lowest BCUT2D eigenvalue weighted by Crippen LogP contribution is -2.48. The maximum Gasteiger partial charge on any atom is 0.407 e. The van der Waals surface area contributed by atoms with E-state index >= 15 is 0 Å². The van der Waals surface area contributed by atoms with E-state index in [0.29, 0.717) is 13.2 Å². The molecule has 2 unspecified atom stereocenters. The first kappa shape index (κ1) is 12.8. The number of amides is 1. The lowest BCUT2D eigenvalue weighted by Gasteiger charge is -2.28. The van der Waals surface area contributed by atoms with E-state index in [1.807, 2.05) is 0 Å². The fraction of sp³-hybridized carbons (Fsp3) is 0.800. The summed E-state index contributed by atoms with van der Waals surface area (Å²) in [5, 5.41) is 2.47. The van der Waals surface area contributed by atoms with Crippen LogP contribution in [0.15, 0.2) is 0 Å². The Balaban J connectivity index is 2.61. The van der Waals surface area contributed by atoms with Gasteiger partial charge in [-0.25, -0.2) is 9.59 Å². The minimum atomic E-state index is -0.697. The molecule has 1 heterocycles. The number of hydrogen-bond acceptors (Lipinski definition) is 5. The number of nitrogens with one attached hydrogen (secondary N) is 1. The van der Waals surface area contributed by atoms with Crippen LogP contribution in [0.4, 0.5) is 4.79 Å². The van der Waals surface area contributed by atoms with Crippen molar-refractivity contribution in [1.29, 1.82) is 0 Å². The fourth-order valence-electron chi connectivity index (χ4n) is 1.71. The Kier molecular flexibility index (Phi) is 5.04. The summed E-state index contributed by atoms with van der Waals surface area (Å²) in [7, 11) is 2.54. The van der Waals surface area contributed by atoms with Crippen LogP contribution in [-0.4, -0.2) is 45.5 Å². The van der Waals surface area contributed by atoms with Gasteiger partial charge in [0.2, 0.25) is 0 Å². The van der Waals surface area contributed by atoms with Gasteiger partial charge < -0.3 is 19.5 Å². The molecule has 0 aromatic heterocycles. The molecule has 0 aromatic carbocycles. The molecule has 1 rings (SSSR count). The highest BCUT2D eigenvalue weighted by Gasteiger charge is 2.32. The Morgan fingerprint density at radius 2 is 2.12 bits per heavy atom. The zero-order chi connectivity index (χ0) is 12.0. The van der Waals surface area contributed by atoms with Crippen LogP contribution in [-0.2, 0) is 19.0 Å². The summed E-state index contributed by atoms with van der Waals surface area (Å²) in [6.07, 6.45) is 1.06. The number of hydrogen-bond donors (Lipinski definition) is 1. The number of rotatable bonds is 3. The van der Waals surface area contributed by atoms with Crippen molar-refractivity contribution in [2.75, 3.05) is 27.4 Å². The molecule has 6 nitrogen and oxygen atoms in total. The number of carbonyl (C=O) groups excluding carboxylic acids is 2. The third kappa shape index (κ3) is 3.37. The summed E-state index contributed by atoms with van der Waals surface area (Å²) in [5.74, 6) is -0.527. The van der Waals surface area contributed by atoms with Crippen LogP contribution in [0.1, 0.15) is 12.8 Å². The SMILES string of the molecule is COC(=O)NC(C(=O)OC)C1CCCOC1. The van der Waals surface area contributed by atoms with E-state index < -0.39 is 18.1 Å². The number of methoxy groups -OCH3 is 2. The van der Waals surface area contributed by atoms with Crippen molar-refractivity contribution in [2.45, 2.75) is 18.9 Å². The largest absolute Gasteiger partial charge is 0.467 e. The van der Waals surface area contributed by atoms with Crippen molar-refractivity contribution in [2.24, 2.45) is 5.92 Å². The molecule has 1 N–H and O–H groups in total. The Morgan fingerprint density at radius 3 is 2.62 bits per heavy atom. The van der Waals surface area contributed by atoms with E-state index in [2.05, 4.69) is 14.8 Å². The highest BCUT2D eigenvalue weighted by molar-refractivity contribution is 5.81. The highest BCUT2D eigenvalue weighted by Crippen LogP contribution is 2.18. The first-order chi connectivity index (χ1) is 7.69. The second-order valence-corrected chi connectivity index (χ2v) is 3.61. The van der Waals surface area contributed by atoms with Gasteiger partial charge in [-0.2, -0.15) is 0 Å². The molecule has 92 valence electrons. The van der Waals surface area contributed by atoms with Crippen LogP contribution in [0.5, 0.6) is 0 Å². The maximum atomic E-state index is 11.5. The van der Waals surface area contributed by atoms with Gasteiger partial charge in [0, 0.05) is 12.5 Å². The van der Waals surface area contributed by atoms with Crippen molar-refractivity contribution in [3.05, 3.63) is 0 Å². The molecule has 1 fully saturated rings. The van der Waals surface area contributed by atoms with Crippen molar-refractivity contribution in [3.8, 4) is 0 Å². The molecule has 0 saturated carbocycles. The van der Waals surface area contributed by atoms with Crippen LogP contribution in [0, 0.1) is 5.92 Å². The molecular weight excluding hydrogens is 214 g/mol. The topological polar surface area (TPSA) is 73.9 Å². The smallest absolute Gasteiger partial charge is 0.407 e. The minimum absolute atomic E-state index is 0.0553. The van der Waals surface area contributed by atoms with E-state index in [4.69, 9.17) is 4.74 Å². The van der Waals surface area contributed by atoms with Crippen LogP contribution < -0.4 is 5.32 Å². The van der Waals surface area contributed by atoms with E-state index in [-0.39, 0.29) is 5.92 Å². The average molecular weight is 231 g/mol. The highest BCUT2D eigenvalue weighted by atomic mass is 16.5. The predicted molar refractivity (Wildman–Crippen MR) is 54.9 cm³/mol. The van der Waals surface area contributed by atoms with Gasteiger partial charge in [0.1, 0.15) is 6.04 Å². The second kappa shape index (κ2) is 6.32. The molecule has 1 saturated heterocycles. The number of ether oxygens (including phenoxy) is 3. The Labute approximate surface area is 94.2 Å². The van der Waals surface area contributed by atoms with Crippen molar-refractivity contribution in [3.63, 3.8) is 0 Å². The van der Waals surface area contributed by atoms with Gasteiger partial charge in [0.15, 0.2) is 0 Å². The lowest BCUT2D eigenvalue weighted by molar-refractivity contribution is -0.146. The Bertz CT molecular complexity index is 250. The van der Waals surface area contributed by atoms with E-state index in [1.165, 1.54) is 14.2 Å². The molecule has 0 spiro atoms. The number of carbonyl (C=O) groups is 2. The van der Waals surface area contributed by atoms with Crippen LogP contribution in [0.2, 0.25) is 0 Å². The van der Waals surface area contributed by atoms with E-state index in [1.54, 1.807) is 0 Å². The van der Waals surface area contributed by atoms with Crippen LogP contribution >= 0.6 is 0 Å². The van der Waals surface area contributed by atoms with E-state index in [9.17, 15) is 9.59 Å². The monoisotopic (exact) mass is 231 g/mol. The lowest BCUT2D eigenvalue weighted by atomic mass is 9.94. The van der Waals surface area contributed by atoms with Crippen LogP contribution in [0.3, 0.4) is 0 Å². The summed E-state index contributed by atoms with van der Waals surface area (Å²) >= 11 is 0. The van der Waals surface area contributed by atoms with Gasteiger partial charge in [0.05, 0.1) is 20.8 Å². The molecule has 1 amide bonds. The average Bonchev–Trinajstić information content (AvgIpc) is 2.35. The molecule has 6 heteroatoms. The zero-order valence-corrected chi connectivity index (χ0v) is 9.52. The zero-order valence-electron chi connectivity index (χ0n) is 9.52. The second-order valence-electron chi connectivity index (χ2n) is 3.61. The van der Waals surface area contributed by atoms with Crippen LogP contribution in [0.25, 0.3) is 0 Å². The predicted octanol–water partition coefficient (Wildman–Crippen LogP) is 0.311. The quantitative estimate of drug-likeness (QED) is 0.708. The molecule has 0 aromatic rings. The molecule has 1 aliphatic rings. The van der Waals surface area contributed by atoms with Crippen molar-refractivity contribution >= 4 is 12.1 Å². The molecule has 0 bridgehead atoms. The van der Waals surface area contributed by atoms with Gasteiger partial charge in [-0.15, -0.1) is 0 Å². The Morgan fingerprint density at radius 1 is 1.38 bits per heavy atom. The number of esters is 1.